The van der Waals surface area contributed by atoms with Crippen LogP contribution >= 0.6 is 0 Å². The van der Waals surface area contributed by atoms with E-state index in [0.29, 0.717) is 56.2 Å². The SMILES string of the molecule is CC(C)C1=C2C=Cc3c(N(c4ccc(C(F)(F)F)c(-c5ccccc5)c4)c4cccc5c4oc4ccccc45)cc(C(C)C)c4c3C2C(C=C4)C(N(c2ccc(C(F)(F)F)c(-c3ccccc3)c2)c2cccc3c2oc2ccccc23)=C1. The van der Waals surface area contributed by atoms with Crippen LogP contribution in [-0.2, 0) is 12.4 Å². The van der Waals surface area contributed by atoms with Gasteiger partial charge >= 0.3 is 12.4 Å². The van der Waals surface area contributed by atoms with Gasteiger partial charge in [0.05, 0.1) is 28.2 Å². The third-order valence-electron chi connectivity index (χ3n) is 16.6. The molecule has 3 aliphatic carbocycles. The number of fused-ring (bicyclic) bond motifs is 6. The maximum absolute atomic E-state index is 15.2. The second kappa shape index (κ2) is 19.2. The maximum atomic E-state index is 15.2. The Bertz CT molecular complexity index is 4520. The zero-order valence-electron chi connectivity index (χ0n) is 45.1. The molecule has 0 radical (unpaired) electrons. The molecule has 82 heavy (non-hydrogen) atoms. The number of halogens is 6. The number of nitrogens with zero attached hydrogens (tertiary/aromatic N) is 2. The van der Waals surface area contributed by atoms with Crippen LogP contribution in [0.1, 0.15) is 72.9 Å². The number of hydrogen-bond donors (Lipinski definition) is 0. The fraction of sp³-hybridized carbons (Fsp3) is 0.139. The highest BCUT2D eigenvalue weighted by Crippen LogP contribution is 2.59. The summed E-state index contributed by atoms with van der Waals surface area (Å²) in [6.45, 7) is 8.64. The van der Waals surface area contributed by atoms with E-state index in [1.165, 1.54) is 12.1 Å². The normalized spacial score (nSPS) is 15.8. The second-order valence-electron chi connectivity index (χ2n) is 22.1. The number of furan rings is 2. The summed E-state index contributed by atoms with van der Waals surface area (Å²) in [5.41, 5.74) is 12.0. The molecule has 2 unspecified atom stereocenters. The molecule has 9 aromatic carbocycles. The Kier molecular flexibility index (Phi) is 11.9. The molecule has 0 N–H and O–H groups in total. The molecule has 4 nitrogen and oxygen atoms in total. The third-order valence-corrected chi connectivity index (χ3v) is 16.6. The van der Waals surface area contributed by atoms with Crippen molar-refractivity contribution in [3.05, 3.63) is 257 Å². The van der Waals surface area contributed by atoms with E-state index < -0.39 is 29.4 Å². The van der Waals surface area contributed by atoms with Crippen molar-refractivity contribution >= 4 is 84.5 Å². The molecule has 2 atom stereocenters. The van der Waals surface area contributed by atoms with Crippen molar-refractivity contribution in [1.82, 2.24) is 0 Å². The molecule has 14 rings (SSSR count). The van der Waals surface area contributed by atoms with Gasteiger partial charge in [-0.25, -0.2) is 0 Å². The minimum Gasteiger partial charge on any atom is -0.454 e. The predicted octanol–water partition coefficient (Wildman–Crippen LogP) is 21.9. The van der Waals surface area contributed by atoms with Crippen molar-refractivity contribution in [2.45, 2.75) is 51.9 Å². The number of alkyl halides is 6. The van der Waals surface area contributed by atoms with Gasteiger partial charge in [-0.15, -0.1) is 0 Å². The molecular formula is C72H52F6N2O2. The van der Waals surface area contributed by atoms with E-state index in [2.05, 4.69) is 73.9 Å². The lowest BCUT2D eigenvalue weighted by molar-refractivity contribution is -0.137. The van der Waals surface area contributed by atoms with Crippen LogP contribution in [0, 0.1) is 11.8 Å². The van der Waals surface area contributed by atoms with Crippen molar-refractivity contribution in [3.8, 4) is 22.3 Å². The summed E-state index contributed by atoms with van der Waals surface area (Å²) in [4.78, 5) is 4.17. The Labute approximate surface area is 469 Å². The van der Waals surface area contributed by atoms with Crippen molar-refractivity contribution in [1.29, 1.82) is 0 Å². The molecule has 0 aliphatic heterocycles. The lowest BCUT2D eigenvalue weighted by Crippen LogP contribution is -2.33. The monoisotopic (exact) mass is 1090 g/mol. The van der Waals surface area contributed by atoms with Crippen LogP contribution in [0.5, 0.6) is 0 Å². The summed E-state index contributed by atoms with van der Waals surface area (Å²) in [7, 11) is 0. The number of para-hydroxylation sites is 4. The van der Waals surface area contributed by atoms with E-state index in [0.717, 1.165) is 66.3 Å². The summed E-state index contributed by atoms with van der Waals surface area (Å²) >= 11 is 0. The fourth-order valence-corrected chi connectivity index (χ4v) is 13.0. The first-order valence-corrected chi connectivity index (χ1v) is 27.6. The molecule has 0 bridgehead atoms. The minimum atomic E-state index is -4.66. The number of rotatable bonds is 10. The van der Waals surface area contributed by atoms with Crippen molar-refractivity contribution in [2.24, 2.45) is 11.8 Å². The molecule has 0 saturated carbocycles. The molecule has 10 heteroatoms. The third kappa shape index (κ3) is 8.20. The van der Waals surface area contributed by atoms with Crippen molar-refractivity contribution in [3.63, 3.8) is 0 Å². The molecule has 2 aromatic heterocycles. The van der Waals surface area contributed by atoms with Crippen LogP contribution in [0.15, 0.2) is 232 Å². The summed E-state index contributed by atoms with van der Waals surface area (Å²) in [6.07, 6.45) is 1.71. The van der Waals surface area contributed by atoms with Gasteiger partial charge in [0.2, 0.25) is 0 Å². The smallest absolute Gasteiger partial charge is 0.417 e. The second-order valence-corrected chi connectivity index (χ2v) is 22.1. The Morgan fingerprint density at radius 3 is 1.48 bits per heavy atom. The summed E-state index contributed by atoms with van der Waals surface area (Å²) in [5.74, 6) is -0.758. The van der Waals surface area contributed by atoms with Crippen LogP contribution in [-0.4, -0.2) is 0 Å². The van der Waals surface area contributed by atoms with Crippen molar-refractivity contribution in [2.75, 3.05) is 9.80 Å². The van der Waals surface area contributed by atoms with E-state index in [1.807, 2.05) is 84.9 Å². The van der Waals surface area contributed by atoms with E-state index >= 15 is 26.3 Å². The van der Waals surface area contributed by atoms with Crippen LogP contribution < -0.4 is 9.80 Å². The van der Waals surface area contributed by atoms with Gasteiger partial charge in [-0.2, -0.15) is 26.3 Å². The lowest BCUT2D eigenvalue weighted by atomic mass is 9.63. The van der Waals surface area contributed by atoms with Gasteiger partial charge in [-0.1, -0.05) is 173 Å². The highest BCUT2D eigenvalue weighted by atomic mass is 19.4. The van der Waals surface area contributed by atoms with Gasteiger partial charge < -0.3 is 18.6 Å². The molecular weight excluding hydrogens is 1040 g/mol. The Morgan fingerprint density at radius 1 is 0.451 bits per heavy atom. The van der Waals surface area contributed by atoms with E-state index in [4.69, 9.17) is 8.83 Å². The summed E-state index contributed by atoms with van der Waals surface area (Å²) in [5, 5.41) is 3.54. The average molecular weight is 1090 g/mol. The van der Waals surface area contributed by atoms with Gasteiger partial charge in [0, 0.05) is 56.0 Å². The molecule has 0 fully saturated rings. The van der Waals surface area contributed by atoms with Gasteiger partial charge in [0.25, 0.3) is 0 Å². The highest BCUT2D eigenvalue weighted by Gasteiger charge is 2.44. The Hall–Kier alpha value is -9.28. The van der Waals surface area contributed by atoms with Crippen LogP contribution in [0.3, 0.4) is 0 Å². The molecule has 2 heterocycles. The zero-order chi connectivity index (χ0) is 56.3. The number of anilines is 5. The fourth-order valence-electron chi connectivity index (χ4n) is 13.0. The van der Waals surface area contributed by atoms with Gasteiger partial charge in [0.15, 0.2) is 11.2 Å². The quantitative estimate of drug-likeness (QED) is 0.128. The molecule has 0 saturated heterocycles. The minimum absolute atomic E-state index is 0.0127. The van der Waals surface area contributed by atoms with Gasteiger partial charge in [-0.3, -0.25) is 0 Å². The summed E-state index contributed by atoms with van der Waals surface area (Å²) < 4.78 is 105. The van der Waals surface area contributed by atoms with Crippen LogP contribution in [0.25, 0.3) is 78.3 Å². The van der Waals surface area contributed by atoms with Gasteiger partial charge in [0.1, 0.15) is 11.2 Å². The van der Waals surface area contributed by atoms with Crippen molar-refractivity contribution < 1.29 is 35.2 Å². The average Bonchev–Trinajstić information content (AvgIpc) is 1.16. The first-order chi connectivity index (χ1) is 39.6. The maximum Gasteiger partial charge on any atom is 0.417 e. The molecule has 0 spiro atoms. The molecule has 3 aliphatic rings. The zero-order valence-corrected chi connectivity index (χ0v) is 45.1. The predicted molar refractivity (Wildman–Crippen MR) is 320 cm³/mol. The first-order valence-electron chi connectivity index (χ1n) is 27.6. The van der Waals surface area contributed by atoms with Gasteiger partial charge in [-0.05, 0) is 135 Å². The molecule has 404 valence electrons. The standard InChI is InChI=1S/C72H52F6N2O2/c1-41(2)55-39-63(79(61-25-15-23-51-47-21-11-13-27-65(47)81-69(51)61)45-29-35-59(71(73,74)75)57(37-45)43-17-7-5-8-18-43)53-34-32-50-56(42(3)4)40-64(54-33-31-49(55)67(53)68(50)54)80(62-26-16-24-52-48-22-12-14-28-66(48)82-70(52)62)46-30-36-60(72(76,77)78)58(38-46)44-19-9-6-10-20-44/h5-42,53,67H,1-4H3. The highest BCUT2D eigenvalue weighted by molar-refractivity contribution is 6.12. The largest absolute Gasteiger partial charge is 0.454 e. The Morgan fingerprint density at radius 2 is 0.951 bits per heavy atom. The van der Waals surface area contributed by atoms with E-state index in [9.17, 15) is 0 Å². The number of benzene rings is 9. The van der Waals surface area contributed by atoms with E-state index in [1.54, 1.807) is 84.9 Å². The number of allylic oxidation sites excluding steroid dienone is 5. The lowest BCUT2D eigenvalue weighted by Gasteiger charge is -2.45. The Balaban J connectivity index is 1.04. The number of hydrogen-bond acceptors (Lipinski definition) is 4. The summed E-state index contributed by atoms with van der Waals surface area (Å²) in [6, 6.07) is 55.9. The van der Waals surface area contributed by atoms with Crippen LogP contribution in [0.4, 0.5) is 54.8 Å². The molecule has 11 aromatic rings. The first kappa shape index (κ1) is 50.9. The molecule has 0 amide bonds. The van der Waals surface area contributed by atoms with E-state index in [-0.39, 0.29) is 28.9 Å². The van der Waals surface area contributed by atoms with Crippen LogP contribution in [0.2, 0.25) is 0 Å². The topological polar surface area (TPSA) is 32.8 Å².